The fourth-order valence-electron chi connectivity index (χ4n) is 3.21. The van der Waals surface area contributed by atoms with E-state index in [1.807, 2.05) is 4.90 Å². The van der Waals surface area contributed by atoms with Crippen LogP contribution < -0.4 is 10.5 Å². The molecule has 3 rings (SSSR count). The fraction of sp³-hybridized carbons (Fsp3) is 0.278. The molecular weight excluding hydrogens is 376 g/mol. The van der Waals surface area contributed by atoms with E-state index < -0.39 is 26.6 Å². The summed E-state index contributed by atoms with van der Waals surface area (Å²) >= 11 is 0. The lowest BCUT2D eigenvalue weighted by Crippen LogP contribution is -2.39. The Bertz CT molecular complexity index is 966. The minimum Gasteiger partial charge on any atom is -0.368 e. The van der Waals surface area contributed by atoms with Crippen molar-refractivity contribution < 1.29 is 22.0 Å². The maximum absolute atomic E-state index is 13.8. The number of primary amides is 1. The molecule has 3 N–H and O–H groups in total. The molecule has 1 fully saturated rings. The average Bonchev–Trinajstić information content (AvgIpc) is 3.05. The Kier molecular flexibility index (Phi) is 5.43. The Morgan fingerprint density at radius 2 is 1.96 bits per heavy atom. The Morgan fingerprint density at radius 3 is 2.70 bits per heavy atom. The van der Waals surface area contributed by atoms with E-state index in [1.54, 1.807) is 18.2 Å². The van der Waals surface area contributed by atoms with Gasteiger partial charge in [0.25, 0.3) is 10.0 Å². The number of sulfonamides is 1. The molecule has 1 unspecified atom stereocenters. The lowest BCUT2D eigenvalue weighted by Gasteiger charge is -2.22. The Labute approximate surface area is 156 Å². The molecule has 0 bridgehead atoms. The van der Waals surface area contributed by atoms with Crippen molar-refractivity contribution in [2.24, 2.45) is 5.73 Å². The summed E-state index contributed by atoms with van der Waals surface area (Å²) in [6, 6.07) is 9.15. The van der Waals surface area contributed by atoms with Crippen molar-refractivity contribution in [3.8, 4) is 0 Å². The number of carbonyl (C=O) groups is 1. The van der Waals surface area contributed by atoms with Crippen molar-refractivity contribution in [2.75, 3.05) is 11.3 Å². The van der Waals surface area contributed by atoms with Crippen molar-refractivity contribution in [2.45, 2.75) is 30.3 Å². The second-order valence-electron chi connectivity index (χ2n) is 6.39. The smallest absolute Gasteiger partial charge is 0.264 e. The number of benzene rings is 2. The number of halogens is 2. The number of nitrogens with two attached hydrogens (primary N) is 1. The quantitative estimate of drug-likeness (QED) is 0.784. The number of likely N-dealkylation sites (tertiary alicyclic amines) is 1. The molecule has 1 amide bonds. The molecule has 0 saturated carbocycles. The summed E-state index contributed by atoms with van der Waals surface area (Å²) in [6.07, 6.45) is 1.55. The van der Waals surface area contributed by atoms with Gasteiger partial charge in [0.1, 0.15) is 4.90 Å². The second-order valence-corrected chi connectivity index (χ2v) is 8.04. The van der Waals surface area contributed by atoms with Crippen LogP contribution in [0.15, 0.2) is 47.4 Å². The number of amides is 1. The van der Waals surface area contributed by atoms with E-state index in [0.717, 1.165) is 36.7 Å². The number of hydrogen-bond acceptors (Lipinski definition) is 4. The van der Waals surface area contributed by atoms with E-state index in [-0.39, 0.29) is 17.6 Å². The maximum atomic E-state index is 13.8. The van der Waals surface area contributed by atoms with Gasteiger partial charge in [0.15, 0.2) is 11.6 Å². The monoisotopic (exact) mass is 395 g/mol. The maximum Gasteiger partial charge on any atom is 0.264 e. The summed E-state index contributed by atoms with van der Waals surface area (Å²) < 4.78 is 54.2. The minimum atomic E-state index is -4.29. The van der Waals surface area contributed by atoms with Gasteiger partial charge in [-0.3, -0.25) is 14.4 Å². The highest BCUT2D eigenvalue weighted by Crippen LogP contribution is 2.23. The van der Waals surface area contributed by atoms with Crippen LogP contribution in [0, 0.1) is 11.6 Å². The van der Waals surface area contributed by atoms with Gasteiger partial charge >= 0.3 is 0 Å². The molecule has 0 spiro atoms. The molecule has 1 heterocycles. The Morgan fingerprint density at radius 1 is 1.22 bits per heavy atom. The molecule has 2 aromatic rings. The summed E-state index contributed by atoms with van der Waals surface area (Å²) in [4.78, 5) is 12.7. The van der Waals surface area contributed by atoms with Crippen LogP contribution in [0.25, 0.3) is 0 Å². The molecule has 144 valence electrons. The molecule has 27 heavy (non-hydrogen) atoms. The van der Waals surface area contributed by atoms with Crippen LogP contribution in [0.4, 0.5) is 14.5 Å². The van der Waals surface area contributed by atoms with Crippen LogP contribution >= 0.6 is 0 Å². The van der Waals surface area contributed by atoms with E-state index in [0.29, 0.717) is 13.0 Å². The predicted molar refractivity (Wildman–Crippen MR) is 96.2 cm³/mol. The summed E-state index contributed by atoms with van der Waals surface area (Å²) in [7, 11) is -4.29. The summed E-state index contributed by atoms with van der Waals surface area (Å²) in [5.41, 5.74) is 6.39. The molecule has 1 aliphatic heterocycles. The molecule has 0 radical (unpaired) electrons. The van der Waals surface area contributed by atoms with Gasteiger partial charge in [0, 0.05) is 12.2 Å². The predicted octanol–water partition coefficient (Wildman–Crippen LogP) is 2.22. The van der Waals surface area contributed by atoms with E-state index >= 15 is 0 Å². The highest BCUT2D eigenvalue weighted by atomic mass is 32.2. The zero-order valence-corrected chi connectivity index (χ0v) is 15.2. The number of hydrogen-bond donors (Lipinski definition) is 2. The van der Waals surface area contributed by atoms with Crippen LogP contribution in [0.3, 0.4) is 0 Å². The summed E-state index contributed by atoms with van der Waals surface area (Å²) in [6.45, 7) is 1.15. The van der Waals surface area contributed by atoms with Crippen LogP contribution in [-0.2, 0) is 21.4 Å². The number of anilines is 1. The zero-order chi connectivity index (χ0) is 19.6. The summed E-state index contributed by atoms with van der Waals surface area (Å²) in [5, 5.41) is 0. The van der Waals surface area contributed by atoms with Gasteiger partial charge in [-0.1, -0.05) is 18.2 Å². The number of rotatable bonds is 6. The first-order valence-electron chi connectivity index (χ1n) is 8.37. The highest BCUT2D eigenvalue weighted by Gasteiger charge is 2.29. The summed E-state index contributed by atoms with van der Waals surface area (Å²) in [5.74, 6) is -3.05. The lowest BCUT2D eigenvalue weighted by atomic mass is 10.1. The minimum absolute atomic E-state index is 0.214. The normalized spacial score (nSPS) is 17.8. The molecule has 2 aromatic carbocycles. The number of carbonyl (C=O) groups excluding carboxylic acids is 1. The van der Waals surface area contributed by atoms with Crippen molar-refractivity contribution in [1.82, 2.24) is 4.90 Å². The first-order chi connectivity index (χ1) is 12.8. The molecule has 1 saturated heterocycles. The van der Waals surface area contributed by atoms with Gasteiger partial charge in [0.05, 0.1) is 6.04 Å². The topological polar surface area (TPSA) is 92.5 Å². The number of nitrogens with zero attached hydrogens (tertiary/aromatic N) is 1. The van der Waals surface area contributed by atoms with Crippen molar-refractivity contribution >= 4 is 21.6 Å². The zero-order valence-electron chi connectivity index (χ0n) is 14.4. The van der Waals surface area contributed by atoms with E-state index in [1.165, 1.54) is 6.07 Å². The average molecular weight is 395 g/mol. The number of nitrogens with one attached hydrogen (secondary N) is 1. The van der Waals surface area contributed by atoms with Gasteiger partial charge in [-0.05, 0) is 49.2 Å². The third-order valence-electron chi connectivity index (χ3n) is 4.46. The Hall–Kier alpha value is -2.52. The van der Waals surface area contributed by atoms with Crippen LogP contribution in [0.1, 0.15) is 18.4 Å². The van der Waals surface area contributed by atoms with Crippen molar-refractivity contribution in [3.05, 3.63) is 59.7 Å². The van der Waals surface area contributed by atoms with Gasteiger partial charge < -0.3 is 5.73 Å². The third kappa shape index (κ3) is 4.25. The lowest BCUT2D eigenvalue weighted by molar-refractivity contribution is -0.122. The largest absolute Gasteiger partial charge is 0.368 e. The van der Waals surface area contributed by atoms with Crippen molar-refractivity contribution in [3.63, 3.8) is 0 Å². The SMILES string of the molecule is NC(=O)C1CCCN1Cc1cccc(NS(=O)(=O)c2cccc(F)c2F)c1. The van der Waals surface area contributed by atoms with Crippen LogP contribution in [0.2, 0.25) is 0 Å². The van der Waals surface area contributed by atoms with E-state index in [2.05, 4.69) is 4.72 Å². The van der Waals surface area contributed by atoms with Crippen molar-refractivity contribution in [1.29, 1.82) is 0 Å². The molecule has 0 aromatic heterocycles. The highest BCUT2D eigenvalue weighted by molar-refractivity contribution is 7.92. The molecule has 6 nitrogen and oxygen atoms in total. The van der Waals surface area contributed by atoms with Gasteiger partial charge in [-0.15, -0.1) is 0 Å². The first-order valence-corrected chi connectivity index (χ1v) is 9.85. The van der Waals surface area contributed by atoms with Gasteiger partial charge in [0.2, 0.25) is 5.91 Å². The third-order valence-corrected chi connectivity index (χ3v) is 5.86. The van der Waals surface area contributed by atoms with E-state index in [4.69, 9.17) is 5.73 Å². The molecule has 1 aliphatic rings. The molecule has 1 atom stereocenters. The van der Waals surface area contributed by atoms with Gasteiger partial charge in [-0.25, -0.2) is 17.2 Å². The van der Waals surface area contributed by atoms with Crippen LogP contribution in [-0.4, -0.2) is 31.8 Å². The fourth-order valence-corrected chi connectivity index (χ4v) is 4.35. The molecule has 9 heteroatoms. The van der Waals surface area contributed by atoms with Crippen LogP contribution in [0.5, 0.6) is 0 Å². The standard InChI is InChI=1S/C18H19F2N3O3S/c19-14-6-2-8-16(17(14)20)27(25,26)22-13-5-1-4-12(10-13)11-23-9-3-7-15(23)18(21)24/h1-2,4-6,8,10,15,22H,3,7,9,11H2,(H2,21,24). The molecular formula is C18H19F2N3O3S. The second kappa shape index (κ2) is 7.61. The Balaban J connectivity index is 1.79. The van der Waals surface area contributed by atoms with E-state index in [9.17, 15) is 22.0 Å². The first kappa shape index (κ1) is 19.2. The molecule has 0 aliphatic carbocycles. The van der Waals surface area contributed by atoms with Gasteiger partial charge in [-0.2, -0.15) is 0 Å².